The van der Waals surface area contributed by atoms with E-state index in [4.69, 9.17) is 0 Å². The van der Waals surface area contributed by atoms with E-state index >= 15 is 0 Å². The van der Waals surface area contributed by atoms with Gasteiger partial charge in [0.15, 0.2) is 5.65 Å². The van der Waals surface area contributed by atoms with Gasteiger partial charge in [0, 0.05) is 40.8 Å². The molecule has 5 heterocycles. The fraction of sp³-hybridized carbons (Fsp3) is 0.130. The Morgan fingerprint density at radius 2 is 1.97 bits per heavy atom. The lowest BCUT2D eigenvalue weighted by Gasteiger charge is -2.09. The van der Waals surface area contributed by atoms with Crippen LogP contribution in [-0.4, -0.2) is 30.1 Å². The van der Waals surface area contributed by atoms with E-state index in [2.05, 4.69) is 54.2 Å². The third-order valence-electron chi connectivity index (χ3n) is 5.51. The fourth-order valence-corrected chi connectivity index (χ4v) is 3.74. The number of fused-ring (bicyclic) bond motifs is 2. The lowest BCUT2D eigenvalue weighted by molar-refractivity contribution is 1.02. The molecule has 0 aliphatic heterocycles. The number of aromatic nitrogens is 6. The van der Waals surface area contributed by atoms with Crippen LogP contribution in [0, 0.1) is 5.92 Å². The van der Waals surface area contributed by atoms with Crippen molar-refractivity contribution < 1.29 is 0 Å². The molecule has 0 spiro atoms. The molecule has 0 saturated heterocycles. The number of allylic oxidation sites excluding steroid dienone is 1. The highest BCUT2D eigenvalue weighted by atomic mass is 15.2. The van der Waals surface area contributed by atoms with E-state index in [-0.39, 0.29) is 0 Å². The summed E-state index contributed by atoms with van der Waals surface area (Å²) in [6, 6.07) is 10.1. The Balaban J connectivity index is 1.40. The number of pyridine rings is 3. The van der Waals surface area contributed by atoms with Crippen LogP contribution in [0.3, 0.4) is 0 Å². The predicted molar refractivity (Wildman–Crippen MR) is 118 cm³/mol. The van der Waals surface area contributed by atoms with Gasteiger partial charge < -0.3 is 10.3 Å². The maximum Gasteiger partial charge on any atom is 0.181 e. The molecule has 1 aliphatic rings. The van der Waals surface area contributed by atoms with Crippen LogP contribution in [0.15, 0.2) is 67.4 Å². The van der Waals surface area contributed by atoms with Crippen molar-refractivity contribution in [3.8, 4) is 22.5 Å². The van der Waals surface area contributed by atoms with E-state index < -0.39 is 0 Å². The Labute approximate surface area is 172 Å². The van der Waals surface area contributed by atoms with Crippen LogP contribution in [-0.2, 0) is 0 Å². The minimum atomic E-state index is 0.589. The molecule has 0 aromatic carbocycles. The van der Waals surface area contributed by atoms with E-state index in [1.807, 2.05) is 36.8 Å². The number of H-pyrrole nitrogens is 2. The van der Waals surface area contributed by atoms with Crippen LogP contribution >= 0.6 is 0 Å². The monoisotopic (exact) mass is 393 g/mol. The lowest BCUT2D eigenvalue weighted by atomic mass is 10.1. The van der Waals surface area contributed by atoms with E-state index in [9.17, 15) is 0 Å². The number of rotatable bonds is 5. The second kappa shape index (κ2) is 6.52. The Kier molecular flexibility index (Phi) is 3.67. The molecule has 1 saturated carbocycles. The highest BCUT2D eigenvalue weighted by molar-refractivity contribution is 5.95. The number of aromatic amines is 2. The first kappa shape index (κ1) is 16.9. The molecule has 0 bridgehead atoms. The van der Waals surface area contributed by atoms with Gasteiger partial charge in [0.1, 0.15) is 0 Å². The first-order valence-electron chi connectivity index (χ1n) is 9.94. The van der Waals surface area contributed by atoms with Gasteiger partial charge >= 0.3 is 0 Å². The summed E-state index contributed by atoms with van der Waals surface area (Å²) in [5.41, 5.74) is 8.36. The van der Waals surface area contributed by atoms with Crippen molar-refractivity contribution in [3.05, 3.63) is 67.4 Å². The maximum absolute atomic E-state index is 4.55. The summed E-state index contributed by atoms with van der Waals surface area (Å²) in [7, 11) is 0. The molecular formula is C23H19N7. The molecule has 146 valence electrons. The fourth-order valence-electron chi connectivity index (χ4n) is 3.74. The largest absolute Gasteiger partial charge is 0.358 e. The Morgan fingerprint density at radius 1 is 1.07 bits per heavy atom. The quantitative estimate of drug-likeness (QED) is 0.395. The lowest BCUT2D eigenvalue weighted by Crippen LogP contribution is -2.00. The Bertz CT molecular complexity index is 1370. The van der Waals surface area contributed by atoms with Gasteiger partial charge in [-0.1, -0.05) is 6.58 Å². The molecule has 0 unspecified atom stereocenters. The van der Waals surface area contributed by atoms with Gasteiger partial charge in [0.05, 0.1) is 34.3 Å². The summed E-state index contributed by atoms with van der Waals surface area (Å²) in [6.45, 7) is 4.14. The van der Waals surface area contributed by atoms with Crippen LogP contribution in [0.5, 0.6) is 0 Å². The van der Waals surface area contributed by atoms with E-state index in [1.54, 1.807) is 6.20 Å². The van der Waals surface area contributed by atoms with Crippen LogP contribution < -0.4 is 5.32 Å². The normalized spacial score (nSPS) is 13.7. The first-order valence-corrected chi connectivity index (χ1v) is 9.94. The van der Waals surface area contributed by atoms with Crippen molar-refractivity contribution in [2.75, 3.05) is 5.32 Å². The minimum Gasteiger partial charge on any atom is -0.358 e. The molecule has 1 fully saturated rings. The van der Waals surface area contributed by atoms with Crippen molar-refractivity contribution in [1.29, 1.82) is 0 Å². The van der Waals surface area contributed by atoms with E-state index in [0.29, 0.717) is 11.6 Å². The molecule has 1 aliphatic carbocycles. The molecule has 5 aromatic rings. The highest BCUT2D eigenvalue weighted by Crippen LogP contribution is 2.36. The van der Waals surface area contributed by atoms with Crippen LogP contribution in [0.4, 0.5) is 5.69 Å². The highest BCUT2D eigenvalue weighted by Gasteiger charge is 2.24. The SMILES string of the molecule is C=C(Nc1cncc(-c2cnc3n[nH]c(-c4cc5ncccc5[nH]4)c3c2)c1)C1CC1. The van der Waals surface area contributed by atoms with Gasteiger partial charge in [-0.2, -0.15) is 5.10 Å². The third kappa shape index (κ3) is 2.91. The molecule has 3 N–H and O–H groups in total. The summed E-state index contributed by atoms with van der Waals surface area (Å²) in [4.78, 5) is 16.8. The van der Waals surface area contributed by atoms with Crippen molar-refractivity contribution in [2.45, 2.75) is 12.8 Å². The van der Waals surface area contributed by atoms with Crippen molar-refractivity contribution >= 4 is 27.8 Å². The summed E-state index contributed by atoms with van der Waals surface area (Å²) < 4.78 is 0. The van der Waals surface area contributed by atoms with Gasteiger partial charge in [-0.25, -0.2) is 4.98 Å². The van der Waals surface area contributed by atoms with Crippen LogP contribution in [0.1, 0.15) is 12.8 Å². The Hall–Kier alpha value is -4.00. The smallest absolute Gasteiger partial charge is 0.181 e. The first-order chi connectivity index (χ1) is 14.7. The predicted octanol–water partition coefficient (Wildman–Crippen LogP) is 4.90. The van der Waals surface area contributed by atoms with Crippen molar-refractivity contribution in [1.82, 2.24) is 30.1 Å². The van der Waals surface area contributed by atoms with Crippen LogP contribution in [0.2, 0.25) is 0 Å². The third-order valence-corrected chi connectivity index (χ3v) is 5.51. The molecule has 5 aromatic heterocycles. The number of nitrogens with zero attached hydrogens (tertiary/aromatic N) is 4. The number of nitrogens with one attached hydrogen (secondary N) is 3. The zero-order chi connectivity index (χ0) is 20.1. The summed E-state index contributed by atoms with van der Waals surface area (Å²) >= 11 is 0. The second-order valence-electron chi connectivity index (χ2n) is 7.70. The summed E-state index contributed by atoms with van der Waals surface area (Å²) in [5.74, 6) is 0.589. The van der Waals surface area contributed by atoms with Gasteiger partial charge in [-0.05, 0) is 49.1 Å². The molecule has 0 atom stereocenters. The molecule has 0 amide bonds. The molecule has 0 radical (unpaired) electrons. The van der Waals surface area contributed by atoms with E-state index in [0.717, 1.165) is 50.3 Å². The number of anilines is 1. The summed E-state index contributed by atoms with van der Waals surface area (Å²) in [6.07, 6.45) is 9.72. The zero-order valence-corrected chi connectivity index (χ0v) is 16.2. The van der Waals surface area contributed by atoms with Gasteiger partial charge in [-0.3, -0.25) is 15.1 Å². The molecular weight excluding hydrogens is 374 g/mol. The molecule has 30 heavy (non-hydrogen) atoms. The second-order valence-corrected chi connectivity index (χ2v) is 7.70. The minimum absolute atomic E-state index is 0.589. The molecule has 6 rings (SSSR count). The summed E-state index contributed by atoms with van der Waals surface area (Å²) in [5, 5.41) is 11.8. The van der Waals surface area contributed by atoms with Crippen LogP contribution in [0.25, 0.3) is 44.6 Å². The standard InChI is InChI=1S/C23H19N7/c1-13(14-4-5-14)27-17-7-15(10-24-12-17)16-8-18-22(29-30-23(18)26-11-16)21-9-20-19(28-21)3-2-6-25-20/h2-3,6-12,14,27-28H,1,4-5H2,(H,26,29,30). The Morgan fingerprint density at radius 3 is 2.83 bits per heavy atom. The topological polar surface area (TPSA) is 95.2 Å². The number of hydrogen-bond acceptors (Lipinski definition) is 5. The average Bonchev–Trinajstić information content (AvgIpc) is 3.40. The number of hydrogen-bond donors (Lipinski definition) is 3. The maximum atomic E-state index is 4.55. The molecule has 7 heteroatoms. The van der Waals surface area contributed by atoms with Crippen molar-refractivity contribution in [3.63, 3.8) is 0 Å². The van der Waals surface area contributed by atoms with E-state index in [1.165, 1.54) is 12.8 Å². The molecule has 7 nitrogen and oxygen atoms in total. The zero-order valence-electron chi connectivity index (χ0n) is 16.2. The average molecular weight is 393 g/mol. The van der Waals surface area contributed by atoms with Crippen molar-refractivity contribution in [2.24, 2.45) is 5.92 Å². The van der Waals surface area contributed by atoms with Gasteiger partial charge in [0.2, 0.25) is 0 Å². The van der Waals surface area contributed by atoms with Gasteiger partial charge in [-0.15, -0.1) is 0 Å². The van der Waals surface area contributed by atoms with Gasteiger partial charge in [0.25, 0.3) is 0 Å².